The van der Waals surface area contributed by atoms with Gasteiger partial charge in [0.1, 0.15) is 12.6 Å². The van der Waals surface area contributed by atoms with E-state index in [-0.39, 0.29) is 31.4 Å². The van der Waals surface area contributed by atoms with Crippen LogP contribution in [0.4, 0.5) is 4.79 Å². The van der Waals surface area contributed by atoms with Crippen LogP contribution in [-0.4, -0.2) is 53.7 Å². The Balaban J connectivity index is 1.43. The van der Waals surface area contributed by atoms with E-state index in [0.29, 0.717) is 18.5 Å². The summed E-state index contributed by atoms with van der Waals surface area (Å²) in [5.41, 5.74) is 5.87. The Kier molecular flexibility index (Phi) is 7.34. The number of benzene rings is 2. The summed E-state index contributed by atoms with van der Waals surface area (Å²) in [6.07, 6.45) is 3.41. The number of alkyl carbamates (subject to hydrolysis) is 1. The van der Waals surface area contributed by atoms with Crippen molar-refractivity contribution in [3.05, 3.63) is 83.0 Å². The van der Waals surface area contributed by atoms with Crippen LogP contribution in [0.3, 0.4) is 0 Å². The van der Waals surface area contributed by atoms with E-state index in [1.807, 2.05) is 44.2 Å². The molecule has 1 aliphatic carbocycles. The maximum Gasteiger partial charge on any atom is 0.407 e. The van der Waals surface area contributed by atoms with Gasteiger partial charge in [0.25, 0.3) is 0 Å². The van der Waals surface area contributed by atoms with Gasteiger partial charge in [-0.15, -0.1) is 0 Å². The number of carbonyl (C=O) groups excluding carboxylic acids is 2. The number of amides is 2. The number of carbonyl (C=O) groups is 3. The fraction of sp³-hybridized carbons (Fsp3) is 0.321. The van der Waals surface area contributed by atoms with Crippen LogP contribution in [-0.2, 0) is 14.3 Å². The number of fused-ring (bicyclic) bond motifs is 3. The molecule has 4 rings (SSSR count). The van der Waals surface area contributed by atoms with Gasteiger partial charge in [-0.25, -0.2) is 9.59 Å². The average Bonchev–Trinajstić information content (AvgIpc) is 3.18. The van der Waals surface area contributed by atoms with Crippen molar-refractivity contribution in [2.45, 2.75) is 38.6 Å². The van der Waals surface area contributed by atoms with Gasteiger partial charge in [-0.1, -0.05) is 66.3 Å². The number of nitrogens with one attached hydrogen (secondary N) is 1. The van der Waals surface area contributed by atoms with Gasteiger partial charge in [-0.2, -0.15) is 0 Å². The number of ether oxygens (including phenoxy) is 1. The molecule has 7 nitrogen and oxygen atoms in total. The highest BCUT2D eigenvalue weighted by molar-refractivity contribution is 5.89. The van der Waals surface area contributed by atoms with E-state index in [9.17, 15) is 14.4 Å². The number of allylic oxidation sites excluding steroid dienone is 1. The highest BCUT2D eigenvalue weighted by Crippen LogP contribution is 2.44. The second-order valence-electron chi connectivity index (χ2n) is 9.11. The first kappa shape index (κ1) is 24.3. The maximum absolute atomic E-state index is 13.2. The van der Waals surface area contributed by atoms with Gasteiger partial charge >= 0.3 is 12.1 Å². The van der Waals surface area contributed by atoms with E-state index in [1.165, 1.54) is 0 Å². The quantitative estimate of drug-likeness (QED) is 0.577. The molecule has 7 heteroatoms. The first-order valence-electron chi connectivity index (χ1n) is 11.8. The Morgan fingerprint density at radius 2 is 1.71 bits per heavy atom. The van der Waals surface area contributed by atoms with Crippen LogP contribution in [0.25, 0.3) is 11.1 Å². The van der Waals surface area contributed by atoms with E-state index >= 15 is 0 Å². The molecule has 0 saturated heterocycles. The van der Waals surface area contributed by atoms with Crippen molar-refractivity contribution in [2.24, 2.45) is 0 Å². The van der Waals surface area contributed by atoms with Crippen LogP contribution in [0.1, 0.15) is 43.7 Å². The van der Waals surface area contributed by atoms with Crippen molar-refractivity contribution < 1.29 is 24.2 Å². The van der Waals surface area contributed by atoms with Crippen molar-refractivity contribution in [3.8, 4) is 11.1 Å². The third-order valence-corrected chi connectivity index (χ3v) is 6.49. The summed E-state index contributed by atoms with van der Waals surface area (Å²) < 4.78 is 5.63. The van der Waals surface area contributed by atoms with Crippen molar-refractivity contribution >= 4 is 18.0 Å². The zero-order chi connectivity index (χ0) is 24.9. The van der Waals surface area contributed by atoms with E-state index in [0.717, 1.165) is 27.8 Å². The number of rotatable bonds is 7. The van der Waals surface area contributed by atoms with Crippen LogP contribution in [0.15, 0.2) is 71.8 Å². The molecular weight excluding hydrogens is 444 g/mol. The summed E-state index contributed by atoms with van der Waals surface area (Å²) in [5.74, 6) is -1.28. The minimum Gasteiger partial charge on any atom is -0.478 e. The molecule has 2 aromatic rings. The van der Waals surface area contributed by atoms with Crippen LogP contribution in [0.5, 0.6) is 0 Å². The van der Waals surface area contributed by atoms with E-state index in [4.69, 9.17) is 9.84 Å². The van der Waals surface area contributed by atoms with Gasteiger partial charge in [-0.3, -0.25) is 4.79 Å². The first-order chi connectivity index (χ1) is 16.8. The Morgan fingerprint density at radius 1 is 1.09 bits per heavy atom. The molecule has 1 heterocycles. The van der Waals surface area contributed by atoms with Crippen LogP contribution >= 0.6 is 0 Å². The molecule has 2 amide bonds. The van der Waals surface area contributed by atoms with Gasteiger partial charge in [0.15, 0.2) is 0 Å². The molecule has 1 unspecified atom stereocenters. The zero-order valence-electron chi connectivity index (χ0n) is 20.0. The minimum atomic E-state index is -0.963. The first-order valence-corrected chi connectivity index (χ1v) is 11.8. The third kappa shape index (κ3) is 5.45. The molecule has 0 bridgehead atoms. The van der Waals surface area contributed by atoms with Crippen molar-refractivity contribution in [1.29, 1.82) is 0 Å². The topological polar surface area (TPSA) is 95.9 Å². The van der Waals surface area contributed by atoms with E-state index in [1.54, 1.807) is 11.0 Å². The second kappa shape index (κ2) is 10.6. The lowest BCUT2D eigenvalue weighted by Gasteiger charge is -2.29. The predicted octanol–water partition coefficient (Wildman–Crippen LogP) is 4.49. The highest BCUT2D eigenvalue weighted by atomic mass is 16.5. The summed E-state index contributed by atoms with van der Waals surface area (Å²) in [7, 11) is 0. The zero-order valence-corrected chi connectivity index (χ0v) is 20.0. The van der Waals surface area contributed by atoms with E-state index < -0.39 is 18.1 Å². The number of aliphatic carboxylic acids is 1. The molecule has 2 N–H and O–H groups in total. The van der Waals surface area contributed by atoms with Crippen LogP contribution in [0.2, 0.25) is 0 Å². The number of hydrogen-bond acceptors (Lipinski definition) is 4. The normalized spacial score (nSPS) is 15.4. The van der Waals surface area contributed by atoms with Gasteiger partial charge in [0.2, 0.25) is 5.91 Å². The summed E-state index contributed by atoms with van der Waals surface area (Å²) in [6, 6.07) is 15.4. The minimum absolute atomic E-state index is 0.0678. The maximum atomic E-state index is 13.2. The predicted molar refractivity (Wildman–Crippen MR) is 133 cm³/mol. The van der Waals surface area contributed by atoms with Crippen molar-refractivity contribution in [1.82, 2.24) is 10.2 Å². The lowest BCUT2D eigenvalue weighted by Crippen LogP contribution is -2.50. The highest BCUT2D eigenvalue weighted by Gasteiger charge is 2.31. The monoisotopic (exact) mass is 474 g/mol. The fourth-order valence-electron chi connectivity index (χ4n) is 4.64. The summed E-state index contributed by atoms with van der Waals surface area (Å²) in [5, 5.41) is 11.9. The SMILES string of the molecule is CC(C)=CCC(NC(=O)OCC1c2ccccc2-c2ccccc21)C(=O)N1CC=C(C(=O)O)CC1. The Labute approximate surface area is 205 Å². The molecule has 1 atom stereocenters. The van der Waals surface area contributed by atoms with Gasteiger partial charge in [0.05, 0.1) is 0 Å². The van der Waals surface area contributed by atoms with Gasteiger partial charge in [-0.05, 0) is 48.9 Å². The standard InChI is InChI=1S/C28H30N2O5/c1-18(2)11-12-25(26(31)30-15-13-19(14-16-30)27(32)33)29-28(34)35-17-24-22-9-5-3-7-20(22)21-8-4-6-10-23(21)24/h3-11,13,24-25H,12,14-17H2,1-2H3,(H,29,34)(H,32,33). The molecule has 0 spiro atoms. The van der Waals surface area contributed by atoms with Crippen molar-refractivity contribution in [3.63, 3.8) is 0 Å². The second-order valence-corrected chi connectivity index (χ2v) is 9.11. The molecule has 35 heavy (non-hydrogen) atoms. The number of hydrogen-bond donors (Lipinski definition) is 2. The number of carboxylic acid groups (broad SMARTS) is 1. The molecule has 1 aliphatic heterocycles. The van der Waals surface area contributed by atoms with E-state index in [2.05, 4.69) is 29.6 Å². The van der Waals surface area contributed by atoms with Crippen molar-refractivity contribution in [2.75, 3.05) is 19.7 Å². The third-order valence-electron chi connectivity index (χ3n) is 6.49. The molecule has 0 radical (unpaired) electrons. The lowest BCUT2D eigenvalue weighted by molar-refractivity contribution is -0.135. The van der Waals surface area contributed by atoms with Crippen LogP contribution < -0.4 is 5.32 Å². The summed E-state index contributed by atoms with van der Waals surface area (Å²) in [6.45, 7) is 4.53. The Bertz CT molecular complexity index is 1150. The smallest absolute Gasteiger partial charge is 0.407 e. The Hall–Kier alpha value is -3.87. The lowest BCUT2D eigenvalue weighted by atomic mass is 9.98. The summed E-state index contributed by atoms with van der Waals surface area (Å²) >= 11 is 0. The molecule has 0 saturated carbocycles. The Morgan fingerprint density at radius 3 is 2.26 bits per heavy atom. The molecule has 0 fully saturated rings. The molecular formula is C28H30N2O5. The molecule has 182 valence electrons. The molecule has 2 aromatic carbocycles. The van der Waals surface area contributed by atoms with Gasteiger partial charge in [0, 0.05) is 24.6 Å². The number of nitrogens with zero attached hydrogens (tertiary/aromatic N) is 1. The fourth-order valence-corrected chi connectivity index (χ4v) is 4.64. The van der Waals surface area contributed by atoms with Gasteiger partial charge < -0.3 is 20.1 Å². The number of carboxylic acids is 1. The molecule has 0 aromatic heterocycles. The average molecular weight is 475 g/mol. The largest absolute Gasteiger partial charge is 0.478 e. The molecule has 2 aliphatic rings. The van der Waals surface area contributed by atoms with Crippen LogP contribution in [0, 0.1) is 0 Å². The summed E-state index contributed by atoms with van der Waals surface area (Å²) in [4.78, 5) is 38.7.